The predicted octanol–water partition coefficient (Wildman–Crippen LogP) is 3.43. The van der Waals surface area contributed by atoms with Gasteiger partial charge in [-0.3, -0.25) is 4.84 Å². The molecule has 0 radical (unpaired) electrons. The van der Waals surface area contributed by atoms with E-state index in [0.717, 1.165) is 6.42 Å². The van der Waals surface area contributed by atoms with E-state index in [-0.39, 0.29) is 12.1 Å². The maximum absolute atomic E-state index is 9.56. The Hall–Kier alpha value is -0.850. The van der Waals surface area contributed by atoms with Crippen LogP contribution in [-0.2, 0) is 4.84 Å². The Morgan fingerprint density at radius 3 is 2.74 bits per heavy atom. The summed E-state index contributed by atoms with van der Waals surface area (Å²) in [5, 5.41) is 11.6. The predicted molar refractivity (Wildman–Crippen MR) is 74.0 cm³/mol. The normalized spacial score (nSPS) is 40.6. The molecule has 104 valence electrons. The molecule has 0 aromatic carbocycles. The second-order valence-corrected chi connectivity index (χ2v) is 6.32. The van der Waals surface area contributed by atoms with Gasteiger partial charge in [0.15, 0.2) is 0 Å². The van der Waals surface area contributed by atoms with Crippen molar-refractivity contribution in [3.8, 4) is 6.07 Å². The summed E-state index contributed by atoms with van der Waals surface area (Å²) in [7, 11) is 0. The molecule has 0 spiro atoms. The van der Waals surface area contributed by atoms with E-state index in [0.29, 0.717) is 17.9 Å². The van der Waals surface area contributed by atoms with Crippen molar-refractivity contribution in [1.29, 1.82) is 5.26 Å². The fourth-order valence-corrected chi connectivity index (χ4v) is 4.00. The zero-order valence-corrected chi connectivity index (χ0v) is 11.8. The van der Waals surface area contributed by atoms with Crippen molar-refractivity contribution in [1.82, 2.24) is 5.06 Å². The Kier molecular flexibility index (Phi) is 3.91. The van der Waals surface area contributed by atoms with Crippen LogP contribution in [0.5, 0.6) is 0 Å². The number of hydrogen-bond acceptors (Lipinski definition) is 3. The molecule has 3 nitrogen and oxygen atoms in total. The van der Waals surface area contributed by atoms with Crippen molar-refractivity contribution >= 4 is 0 Å². The largest absolute Gasteiger partial charge is 0.290 e. The molecule has 4 atom stereocenters. The molecule has 1 heterocycles. The summed E-state index contributed by atoms with van der Waals surface area (Å²) in [6.45, 7) is 2.24. The Morgan fingerprint density at radius 2 is 2.00 bits per heavy atom. The second kappa shape index (κ2) is 5.64. The number of nitrogens with zero attached hydrogens (tertiary/aromatic N) is 2. The van der Waals surface area contributed by atoms with Crippen LogP contribution in [0.4, 0.5) is 0 Å². The van der Waals surface area contributed by atoms with E-state index < -0.39 is 0 Å². The van der Waals surface area contributed by atoms with Gasteiger partial charge in [-0.05, 0) is 37.5 Å². The molecule has 19 heavy (non-hydrogen) atoms. The Balaban J connectivity index is 1.80. The van der Waals surface area contributed by atoms with E-state index in [9.17, 15) is 5.26 Å². The Bertz CT molecular complexity index is 381. The molecule has 1 saturated carbocycles. The van der Waals surface area contributed by atoms with E-state index >= 15 is 0 Å². The molecule has 2 aliphatic carbocycles. The Morgan fingerprint density at radius 1 is 1.21 bits per heavy atom. The summed E-state index contributed by atoms with van der Waals surface area (Å²) in [5.74, 6) is 0.935. The quantitative estimate of drug-likeness (QED) is 0.678. The zero-order valence-electron chi connectivity index (χ0n) is 11.8. The fraction of sp³-hybridized carbons (Fsp3) is 0.812. The summed E-state index contributed by atoms with van der Waals surface area (Å²) >= 11 is 0. The number of rotatable bonds is 1. The van der Waals surface area contributed by atoms with Gasteiger partial charge in [0.25, 0.3) is 0 Å². The van der Waals surface area contributed by atoms with Crippen LogP contribution in [0.15, 0.2) is 12.2 Å². The van der Waals surface area contributed by atoms with Gasteiger partial charge in [0.2, 0.25) is 0 Å². The van der Waals surface area contributed by atoms with Gasteiger partial charge in [0.1, 0.15) is 12.1 Å². The number of fused-ring (bicyclic) bond motifs is 1. The summed E-state index contributed by atoms with van der Waals surface area (Å²) < 4.78 is 0. The minimum absolute atomic E-state index is 0.0594. The molecular weight excluding hydrogens is 236 g/mol. The monoisotopic (exact) mass is 260 g/mol. The molecule has 0 amide bonds. The highest BCUT2D eigenvalue weighted by Gasteiger charge is 2.44. The van der Waals surface area contributed by atoms with E-state index in [1.807, 2.05) is 0 Å². The van der Waals surface area contributed by atoms with E-state index in [1.54, 1.807) is 0 Å². The molecule has 0 bridgehead atoms. The van der Waals surface area contributed by atoms with Gasteiger partial charge in [0, 0.05) is 6.04 Å². The van der Waals surface area contributed by atoms with Crippen LogP contribution in [0, 0.1) is 23.2 Å². The number of hydroxylamine groups is 2. The van der Waals surface area contributed by atoms with Crippen molar-refractivity contribution in [2.75, 3.05) is 0 Å². The topological polar surface area (TPSA) is 36.3 Å². The summed E-state index contributed by atoms with van der Waals surface area (Å²) in [6, 6.07) is 2.91. The van der Waals surface area contributed by atoms with Crippen LogP contribution in [0.2, 0.25) is 0 Å². The van der Waals surface area contributed by atoms with E-state index in [2.05, 4.69) is 30.2 Å². The van der Waals surface area contributed by atoms with Crippen molar-refractivity contribution < 1.29 is 4.84 Å². The summed E-state index contributed by atoms with van der Waals surface area (Å²) in [6.07, 6.45) is 13.2. The highest BCUT2D eigenvalue weighted by atomic mass is 16.7. The van der Waals surface area contributed by atoms with Crippen molar-refractivity contribution in [3.05, 3.63) is 12.2 Å². The summed E-state index contributed by atoms with van der Waals surface area (Å²) in [5.41, 5.74) is 0. The standard InChI is InChI=1S/C16H24N2O/c1-12-14-9-5-6-10-16(14)19-18(15(12)11-17)13-7-3-2-4-8-13/h6,10,12-16H,2-5,7-9H2,1H3. The first kappa shape index (κ1) is 13.1. The van der Waals surface area contributed by atoms with Gasteiger partial charge >= 0.3 is 0 Å². The molecule has 3 rings (SSSR count). The first-order valence-corrected chi connectivity index (χ1v) is 7.82. The van der Waals surface area contributed by atoms with Gasteiger partial charge < -0.3 is 0 Å². The molecule has 1 aliphatic heterocycles. The molecule has 3 heteroatoms. The van der Waals surface area contributed by atoms with Gasteiger partial charge in [-0.1, -0.05) is 38.3 Å². The van der Waals surface area contributed by atoms with Gasteiger partial charge in [-0.25, -0.2) is 0 Å². The Labute approximate surface area is 116 Å². The average Bonchev–Trinajstić information content (AvgIpc) is 2.48. The van der Waals surface area contributed by atoms with Crippen molar-refractivity contribution in [3.63, 3.8) is 0 Å². The lowest BCUT2D eigenvalue weighted by Crippen LogP contribution is -2.56. The zero-order chi connectivity index (χ0) is 13.2. The van der Waals surface area contributed by atoms with Crippen LogP contribution >= 0.6 is 0 Å². The van der Waals surface area contributed by atoms with Crippen LogP contribution in [0.25, 0.3) is 0 Å². The highest BCUT2D eigenvalue weighted by Crippen LogP contribution is 2.39. The third kappa shape index (κ3) is 2.44. The molecule has 0 aromatic heterocycles. The van der Waals surface area contributed by atoms with E-state index in [1.165, 1.54) is 38.5 Å². The van der Waals surface area contributed by atoms with Crippen LogP contribution < -0.4 is 0 Å². The molecule has 4 unspecified atom stereocenters. The smallest absolute Gasteiger partial charge is 0.125 e. The van der Waals surface area contributed by atoms with Gasteiger partial charge in [-0.2, -0.15) is 10.3 Å². The van der Waals surface area contributed by atoms with E-state index in [4.69, 9.17) is 4.84 Å². The SMILES string of the molecule is CC1C2CCC=CC2ON(C2CCCCC2)C1C#N. The second-order valence-electron chi connectivity index (χ2n) is 6.32. The van der Waals surface area contributed by atoms with Crippen LogP contribution in [0.1, 0.15) is 51.9 Å². The number of allylic oxidation sites excluding steroid dienone is 1. The lowest BCUT2D eigenvalue weighted by atomic mass is 9.76. The van der Waals surface area contributed by atoms with Crippen LogP contribution in [-0.4, -0.2) is 23.3 Å². The lowest BCUT2D eigenvalue weighted by Gasteiger charge is -2.48. The highest BCUT2D eigenvalue weighted by molar-refractivity contribution is 5.08. The van der Waals surface area contributed by atoms with Gasteiger partial charge in [-0.15, -0.1) is 0 Å². The molecule has 3 aliphatic rings. The summed E-state index contributed by atoms with van der Waals surface area (Å²) in [4.78, 5) is 6.23. The third-order valence-corrected chi connectivity index (χ3v) is 5.17. The minimum Gasteiger partial charge on any atom is -0.290 e. The van der Waals surface area contributed by atoms with Crippen molar-refractivity contribution in [2.45, 2.75) is 70.1 Å². The lowest BCUT2D eigenvalue weighted by molar-refractivity contribution is -0.282. The first-order chi connectivity index (χ1) is 9.31. The number of nitriles is 1. The first-order valence-electron chi connectivity index (χ1n) is 7.82. The molecule has 0 N–H and O–H groups in total. The van der Waals surface area contributed by atoms with Gasteiger partial charge in [0.05, 0.1) is 6.07 Å². The number of hydrogen-bond donors (Lipinski definition) is 0. The van der Waals surface area contributed by atoms with Crippen LogP contribution in [0.3, 0.4) is 0 Å². The molecule has 1 saturated heterocycles. The average molecular weight is 260 g/mol. The minimum atomic E-state index is -0.0594. The molecule has 2 fully saturated rings. The molecular formula is C16H24N2O. The molecule has 0 aromatic rings. The maximum atomic E-state index is 9.56. The fourth-order valence-electron chi connectivity index (χ4n) is 4.00. The maximum Gasteiger partial charge on any atom is 0.125 e. The van der Waals surface area contributed by atoms with Crippen molar-refractivity contribution in [2.24, 2.45) is 11.8 Å². The third-order valence-electron chi connectivity index (χ3n) is 5.17.